The van der Waals surface area contributed by atoms with Crippen LogP contribution in [0.3, 0.4) is 0 Å². The molecule has 6 heteroatoms. The van der Waals surface area contributed by atoms with Gasteiger partial charge in [0.15, 0.2) is 0 Å². The zero-order valence-electron chi connectivity index (χ0n) is 23.8. The maximum absolute atomic E-state index is 11.6. The molecule has 0 spiro atoms. The van der Waals surface area contributed by atoms with E-state index in [0.29, 0.717) is 23.7 Å². The minimum Gasteiger partial charge on any atom is -0.313 e. The average Bonchev–Trinajstić information content (AvgIpc) is 3.00. The summed E-state index contributed by atoms with van der Waals surface area (Å²) < 4.78 is 0. The van der Waals surface area contributed by atoms with E-state index in [-0.39, 0.29) is 0 Å². The number of piperidine rings is 1. The average molecular weight is 534 g/mol. The molecule has 4 rings (SSSR count). The van der Waals surface area contributed by atoms with E-state index in [2.05, 4.69) is 84.1 Å². The Morgan fingerprint density at radius 3 is 2.48 bits per heavy atom. The number of carbonyl (C=O) groups excluding carboxylic acids is 1. The number of amides is 1. The van der Waals surface area contributed by atoms with E-state index >= 15 is 0 Å². The minimum atomic E-state index is 0.432. The second-order valence-corrected chi connectivity index (χ2v) is 10.1. The highest BCUT2D eigenvalue weighted by Crippen LogP contribution is 2.30. The minimum absolute atomic E-state index is 0.432. The largest absolute Gasteiger partial charge is 0.313 e. The zero-order chi connectivity index (χ0) is 28.3. The van der Waals surface area contributed by atoms with Crippen molar-refractivity contribution >= 4 is 30.2 Å². The van der Waals surface area contributed by atoms with Gasteiger partial charge in [-0.25, -0.2) is 4.99 Å². The number of aryl methyl sites for hydroxylation is 1. The maximum Gasteiger partial charge on any atom is 0.212 e. The van der Waals surface area contributed by atoms with Crippen LogP contribution in [0.15, 0.2) is 94.8 Å². The number of nitrogens with zero attached hydrogens (tertiary/aromatic N) is 4. The van der Waals surface area contributed by atoms with Crippen molar-refractivity contribution in [3.05, 3.63) is 102 Å². The molecule has 6 nitrogen and oxygen atoms in total. The fourth-order valence-electron chi connectivity index (χ4n) is 5.33. The third kappa shape index (κ3) is 7.27. The quantitative estimate of drug-likeness (QED) is 0.131. The van der Waals surface area contributed by atoms with Gasteiger partial charge in [-0.2, -0.15) is 0 Å². The van der Waals surface area contributed by atoms with E-state index < -0.39 is 0 Å². The number of aliphatic imine (C=N–C) groups is 2. The Balaban J connectivity index is 1.61. The molecular formula is C34H39N5O. The van der Waals surface area contributed by atoms with Crippen LogP contribution in [0.4, 0.5) is 5.69 Å². The molecule has 2 heterocycles. The molecular weight excluding hydrogens is 494 g/mol. The number of aromatic nitrogens is 1. The van der Waals surface area contributed by atoms with E-state index in [1.54, 1.807) is 12.4 Å². The molecule has 40 heavy (non-hydrogen) atoms. The van der Waals surface area contributed by atoms with E-state index in [1.807, 2.05) is 30.5 Å². The molecule has 0 radical (unpaired) electrons. The van der Waals surface area contributed by atoms with Crippen LogP contribution in [0.25, 0.3) is 16.7 Å². The SMILES string of the molecule is C=N/C=C(/C=C(\CC)c1ccc(-c2cccnc2)cc1C)C(=Nc1ccc(C2CCN(CC)CC2)cc1)NC=O. The zero-order valence-corrected chi connectivity index (χ0v) is 23.8. The molecule has 206 valence electrons. The number of amidine groups is 1. The van der Waals surface area contributed by atoms with Crippen LogP contribution in [-0.2, 0) is 4.79 Å². The van der Waals surface area contributed by atoms with Gasteiger partial charge in [-0.05, 0) is 116 Å². The van der Waals surface area contributed by atoms with Crippen LogP contribution in [0.1, 0.15) is 55.7 Å². The highest BCUT2D eigenvalue weighted by molar-refractivity contribution is 6.07. The summed E-state index contributed by atoms with van der Waals surface area (Å²) in [5.41, 5.74) is 8.41. The van der Waals surface area contributed by atoms with Crippen LogP contribution in [0.5, 0.6) is 0 Å². The maximum atomic E-state index is 11.6. The highest BCUT2D eigenvalue weighted by atomic mass is 16.1. The van der Waals surface area contributed by atoms with Crippen LogP contribution in [-0.4, -0.2) is 48.5 Å². The van der Waals surface area contributed by atoms with Gasteiger partial charge < -0.3 is 10.2 Å². The molecule has 0 atom stereocenters. The number of allylic oxidation sites excluding steroid dienone is 1. The Hall–Kier alpha value is -4.16. The van der Waals surface area contributed by atoms with Gasteiger partial charge in [-0.15, -0.1) is 0 Å². The van der Waals surface area contributed by atoms with Crippen molar-refractivity contribution in [2.45, 2.75) is 46.0 Å². The van der Waals surface area contributed by atoms with Gasteiger partial charge in [0.1, 0.15) is 5.84 Å². The normalized spacial score (nSPS) is 15.6. The first-order valence-electron chi connectivity index (χ1n) is 14.1. The topological polar surface area (TPSA) is 70.0 Å². The third-order valence-corrected chi connectivity index (χ3v) is 7.62. The van der Waals surface area contributed by atoms with E-state index in [0.717, 1.165) is 59.6 Å². The predicted octanol–water partition coefficient (Wildman–Crippen LogP) is 7.11. The van der Waals surface area contributed by atoms with E-state index in [1.165, 1.54) is 18.4 Å². The van der Waals surface area contributed by atoms with Crippen molar-refractivity contribution in [3.8, 4) is 11.1 Å². The molecule has 0 unspecified atom stereocenters. The van der Waals surface area contributed by atoms with Crippen molar-refractivity contribution in [2.75, 3.05) is 19.6 Å². The first-order valence-corrected chi connectivity index (χ1v) is 14.1. The van der Waals surface area contributed by atoms with Crippen LogP contribution in [0.2, 0.25) is 0 Å². The monoisotopic (exact) mass is 533 g/mol. The number of rotatable bonds is 10. The number of benzene rings is 2. The number of likely N-dealkylation sites (tertiary alicyclic amines) is 1. The number of pyridine rings is 1. The van der Waals surface area contributed by atoms with E-state index in [4.69, 9.17) is 4.99 Å². The van der Waals surface area contributed by atoms with Gasteiger partial charge >= 0.3 is 0 Å². The lowest BCUT2D eigenvalue weighted by Crippen LogP contribution is -2.32. The van der Waals surface area contributed by atoms with E-state index in [9.17, 15) is 4.79 Å². The summed E-state index contributed by atoms with van der Waals surface area (Å²) in [6, 6.07) is 18.8. The summed E-state index contributed by atoms with van der Waals surface area (Å²) in [5.74, 6) is 1.01. The van der Waals surface area contributed by atoms with Crippen molar-refractivity contribution in [2.24, 2.45) is 9.98 Å². The van der Waals surface area contributed by atoms with Crippen molar-refractivity contribution < 1.29 is 4.79 Å². The highest BCUT2D eigenvalue weighted by Gasteiger charge is 2.19. The standard InChI is InChI=1S/C34H39N5O/c1-5-26(33-14-11-29(20-25(33)3)30-8-7-17-36-23-30)21-31(22-35-4)34(37-24-40)38-32-12-9-27(10-13-32)28-15-18-39(6-2)19-16-28/h7-14,17,20-24,28H,4-6,15-16,18-19H2,1-3H3,(H,37,38,40)/b26-21+,31-22-. The Labute approximate surface area is 238 Å². The third-order valence-electron chi connectivity index (χ3n) is 7.62. The first-order chi connectivity index (χ1) is 19.6. The summed E-state index contributed by atoms with van der Waals surface area (Å²) in [6.07, 6.45) is 11.1. The van der Waals surface area contributed by atoms with Gasteiger partial charge in [0.25, 0.3) is 0 Å². The number of hydrogen-bond donors (Lipinski definition) is 1. The lowest BCUT2D eigenvalue weighted by molar-refractivity contribution is -0.108. The Morgan fingerprint density at radius 2 is 1.88 bits per heavy atom. The Morgan fingerprint density at radius 1 is 1.10 bits per heavy atom. The molecule has 1 amide bonds. The van der Waals surface area contributed by atoms with Crippen molar-refractivity contribution in [1.82, 2.24) is 15.2 Å². The van der Waals surface area contributed by atoms with Crippen LogP contribution in [0, 0.1) is 6.92 Å². The molecule has 3 aromatic rings. The predicted molar refractivity (Wildman–Crippen MR) is 167 cm³/mol. The fraction of sp³-hybridized carbons (Fsp3) is 0.294. The summed E-state index contributed by atoms with van der Waals surface area (Å²) >= 11 is 0. The van der Waals surface area contributed by atoms with Gasteiger partial charge in [-0.1, -0.05) is 50.2 Å². The smallest absolute Gasteiger partial charge is 0.212 e. The number of carbonyl (C=O) groups is 1. The molecule has 0 bridgehead atoms. The Bertz CT molecular complexity index is 1380. The van der Waals surface area contributed by atoms with Gasteiger partial charge in [0.2, 0.25) is 6.41 Å². The molecule has 1 saturated heterocycles. The van der Waals surface area contributed by atoms with Crippen molar-refractivity contribution in [3.63, 3.8) is 0 Å². The second kappa shape index (κ2) is 14.3. The molecule has 0 aliphatic carbocycles. The lowest BCUT2D eigenvalue weighted by atomic mass is 9.89. The first kappa shape index (κ1) is 28.8. The molecule has 1 fully saturated rings. The molecule has 1 aliphatic heterocycles. The molecule has 1 aliphatic rings. The lowest BCUT2D eigenvalue weighted by Gasteiger charge is -2.31. The molecule has 2 aromatic carbocycles. The van der Waals surface area contributed by atoms with Crippen molar-refractivity contribution in [1.29, 1.82) is 0 Å². The Kier molecular flexibility index (Phi) is 10.3. The summed E-state index contributed by atoms with van der Waals surface area (Å²) in [6.45, 7) is 13.5. The summed E-state index contributed by atoms with van der Waals surface area (Å²) in [7, 11) is 0. The summed E-state index contributed by atoms with van der Waals surface area (Å²) in [4.78, 5) is 27.1. The van der Waals surface area contributed by atoms with Gasteiger partial charge in [0, 0.05) is 24.2 Å². The second-order valence-electron chi connectivity index (χ2n) is 10.1. The fourth-order valence-corrected chi connectivity index (χ4v) is 5.33. The van der Waals surface area contributed by atoms with Crippen LogP contribution >= 0.6 is 0 Å². The van der Waals surface area contributed by atoms with Gasteiger partial charge in [0.05, 0.1) is 5.69 Å². The summed E-state index contributed by atoms with van der Waals surface area (Å²) in [5, 5.41) is 2.79. The van der Waals surface area contributed by atoms with Crippen LogP contribution < -0.4 is 5.32 Å². The molecule has 1 aromatic heterocycles. The van der Waals surface area contributed by atoms with Gasteiger partial charge in [-0.3, -0.25) is 14.8 Å². The number of nitrogens with one attached hydrogen (secondary N) is 1. The molecule has 1 N–H and O–H groups in total. The number of hydrogen-bond acceptors (Lipinski definition) is 5. The molecule has 0 saturated carbocycles.